The van der Waals surface area contributed by atoms with Crippen molar-refractivity contribution in [3.8, 4) is 41.8 Å². The van der Waals surface area contributed by atoms with Crippen LogP contribution >= 0.6 is 22.7 Å². The van der Waals surface area contributed by atoms with Crippen molar-refractivity contribution in [2.45, 2.75) is 64.2 Å². The molecular weight excluding hydrogens is 731 g/mol. The first-order valence-electron chi connectivity index (χ1n) is 17.7. The van der Waals surface area contributed by atoms with Crippen LogP contribution in [0.5, 0.6) is 0 Å². The van der Waals surface area contributed by atoms with Crippen LogP contribution in [0, 0.1) is 0 Å². The standard InChI is InChI=1S/C46H42F6S2/c1-43(2,3)33-21-17-31(18-22-33)41-35(25-38(53-41)29-13-9-7-10-14-29)37(27-47)40(46(51,52)45(49,50)28-48)36-26-39(30-15-11-8-12-16-30)54-42(36)32-19-23-34(24-20-32)44(4,5)6/h7-26H,27-28H2,1-6H3/b40-37+. The Labute approximate surface area is 321 Å². The van der Waals surface area contributed by atoms with Gasteiger partial charge in [-0.1, -0.05) is 151 Å². The van der Waals surface area contributed by atoms with Gasteiger partial charge in [-0.25, -0.2) is 8.78 Å². The fourth-order valence-electron chi connectivity index (χ4n) is 6.41. The normalized spacial score (nSPS) is 13.3. The third-order valence-electron chi connectivity index (χ3n) is 9.58. The molecule has 6 rings (SSSR count). The molecule has 0 aliphatic carbocycles. The van der Waals surface area contributed by atoms with Crippen LogP contribution in [-0.4, -0.2) is 25.2 Å². The Kier molecular flexibility index (Phi) is 10.9. The van der Waals surface area contributed by atoms with E-state index in [2.05, 4.69) is 20.8 Å². The van der Waals surface area contributed by atoms with Gasteiger partial charge in [0.2, 0.25) is 0 Å². The van der Waals surface area contributed by atoms with Crippen molar-refractivity contribution in [1.29, 1.82) is 0 Å². The predicted molar refractivity (Wildman–Crippen MR) is 216 cm³/mol. The first-order valence-corrected chi connectivity index (χ1v) is 19.3. The van der Waals surface area contributed by atoms with Crippen molar-refractivity contribution >= 4 is 33.8 Å². The van der Waals surface area contributed by atoms with Gasteiger partial charge in [-0.3, -0.25) is 0 Å². The molecule has 0 saturated heterocycles. The van der Waals surface area contributed by atoms with Crippen LogP contribution in [0.1, 0.15) is 63.8 Å². The monoisotopic (exact) mass is 772 g/mol. The number of halogens is 6. The lowest BCUT2D eigenvalue weighted by molar-refractivity contribution is -0.180. The van der Waals surface area contributed by atoms with Gasteiger partial charge in [-0.15, -0.1) is 22.7 Å². The minimum Gasteiger partial charge on any atom is -0.246 e. The highest BCUT2D eigenvalue weighted by Crippen LogP contribution is 2.55. The Bertz CT molecular complexity index is 2230. The first-order chi connectivity index (χ1) is 25.5. The largest absolute Gasteiger partial charge is 0.342 e. The second kappa shape index (κ2) is 15.0. The predicted octanol–water partition coefficient (Wildman–Crippen LogP) is 15.2. The highest BCUT2D eigenvalue weighted by atomic mass is 32.1. The van der Waals surface area contributed by atoms with E-state index in [1.54, 1.807) is 42.5 Å². The average molecular weight is 773 g/mol. The summed E-state index contributed by atoms with van der Waals surface area (Å²) in [6, 6.07) is 36.0. The van der Waals surface area contributed by atoms with E-state index in [1.165, 1.54) is 17.4 Å². The van der Waals surface area contributed by atoms with Gasteiger partial charge in [0, 0.05) is 41.8 Å². The molecule has 0 aliphatic heterocycles. The SMILES string of the molecule is CC(C)(C)c1ccc(-c2sc(-c3ccccc3)cc2/C(CF)=C(\c2cc(-c3ccccc3)sc2-c2ccc(C(C)(C)C)cc2)C(F)(F)C(F)(F)CF)cc1. The van der Waals surface area contributed by atoms with Crippen LogP contribution in [0.4, 0.5) is 26.3 Å². The molecule has 0 atom stereocenters. The van der Waals surface area contributed by atoms with Crippen molar-refractivity contribution in [3.63, 3.8) is 0 Å². The van der Waals surface area contributed by atoms with Gasteiger partial charge in [0.1, 0.15) is 6.67 Å². The molecule has 8 heteroatoms. The van der Waals surface area contributed by atoms with Gasteiger partial charge < -0.3 is 0 Å². The second-order valence-electron chi connectivity index (χ2n) is 15.5. The number of rotatable bonds is 10. The zero-order valence-electron chi connectivity index (χ0n) is 31.0. The summed E-state index contributed by atoms with van der Waals surface area (Å²) in [5, 5.41) is 0. The minimum absolute atomic E-state index is 0.0516. The molecule has 0 bridgehead atoms. The van der Waals surface area contributed by atoms with E-state index in [-0.39, 0.29) is 26.8 Å². The van der Waals surface area contributed by atoms with Crippen molar-refractivity contribution in [1.82, 2.24) is 0 Å². The summed E-state index contributed by atoms with van der Waals surface area (Å²) >= 11 is 2.41. The van der Waals surface area contributed by atoms with Gasteiger partial charge in [0.25, 0.3) is 0 Å². The third-order valence-corrected chi connectivity index (χ3v) is 12.0. The summed E-state index contributed by atoms with van der Waals surface area (Å²) < 4.78 is 94.8. The molecule has 0 saturated carbocycles. The number of hydrogen-bond donors (Lipinski definition) is 0. The molecular formula is C46H42F6S2. The van der Waals surface area contributed by atoms with Gasteiger partial charge in [0.15, 0.2) is 6.67 Å². The number of hydrogen-bond acceptors (Lipinski definition) is 2. The molecule has 0 fully saturated rings. The molecule has 54 heavy (non-hydrogen) atoms. The smallest absolute Gasteiger partial charge is 0.246 e. The molecule has 0 N–H and O–H groups in total. The van der Waals surface area contributed by atoms with Gasteiger partial charge in [-0.05, 0) is 56.3 Å². The fraction of sp³-hybridized carbons (Fsp3) is 0.261. The van der Waals surface area contributed by atoms with Gasteiger partial charge in [-0.2, -0.15) is 17.6 Å². The highest BCUT2D eigenvalue weighted by molar-refractivity contribution is 7.19. The maximum absolute atomic E-state index is 16.8. The first kappa shape index (κ1) is 39.3. The molecule has 0 spiro atoms. The summed E-state index contributed by atoms with van der Waals surface area (Å²) in [6.45, 7) is 8.17. The summed E-state index contributed by atoms with van der Waals surface area (Å²) in [6.07, 6.45) is 0. The van der Waals surface area contributed by atoms with Crippen LogP contribution in [0.3, 0.4) is 0 Å². The molecule has 0 aliphatic rings. The van der Waals surface area contributed by atoms with Crippen LogP contribution in [-0.2, 0) is 10.8 Å². The summed E-state index contributed by atoms with van der Waals surface area (Å²) in [7, 11) is 0. The van der Waals surface area contributed by atoms with Crippen molar-refractivity contribution in [2.75, 3.05) is 13.3 Å². The number of allylic oxidation sites excluding steroid dienone is 2. The van der Waals surface area contributed by atoms with E-state index in [4.69, 9.17) is 0 Å². The molecule has 4 aromatic carbocycles. The number of alkyl halides is 6. The van der Waals surface area contributed by atoms with E-state index in [0.717, 1.165) is 28.0 Å². The summed E-state index contributed by atoms with van der Waals surface area (Å²) in [4.78, 5) is 1.84. The summed E-state index contributed by atoms with van der Waals surface area (Å²) in [5.74, 6) is -10.3. The average Bonchev–Trinajstić information content (AvgIpc) is 3.79. The molecule has 0 nitrogen and oxygen atoms in total. The number of benzene rings is 4. The lowest BCUT2D eigenvalue weighted by Crippen LogP contribution is -2.43. The van der Waals surface area contributed by atoms with E-state index < -0.39 is 36.3 Å². The lowest BCUT2D eigenvalue weighted by atomic mass is 9.84. The molecule has 0 radical (unpaired) electrons. The number of thiophene rings is 2. The van der Waals surface area contributed by atoms with E-state index >= 15 is 22.0 Å². The van der Waals surface area contributed by atoms with Crippen molar-refractivity contribution < 1.29 is 26.3 Å². The Morgan fingerprint density at radius 1 is 0.500 bits per heavy atom. The van der Waals surface area contributed by atoms with Crippen molar-refractivity contribution in [2.24, 2.45) is 0 Å². The minimum atomic E-state index is -5.14. The maximum Gasteiger partial charge on any atom is 0.342 e. The van der Waals surface area contributed by atoms with Crippen LogP contribution in [0.2, 0.25) is 0 Å². The van der Waals surface area contributed by atoms with Crippen molar-refractivity contribution in [3.05, 3.63) is 144 Å². The quantitative estimate of drug-likeness (QED) is 0.122. The van der Waals surface area contributed by atoms with E-state index in [0.29, 0.717) is 31.3 Å². The molecule has 2 heterocycles. The maximum atomic E-state index is 16.8. The molecule has 0 amide bonds. The second-order valence-corrected chi connectivity index (χ2v) is 17.6. The van der Waals surface area contributed by atoms with E-state index in [1.807, 2.05) is 93.6 Å². The van der Waals surface area contributed by atoms with Crippen LogP contribution in [0.25, 0.3) is 52.9 Å². The molecule has 6 aromatic rings. The Balaban J connectivity index is 1.71. The molecule has 280 valence electrons. The zero-order valence-corrected chi connectivity index (χ0v) is 32.7. The summed E-state index contributed by atoms with van der Waals surface area (Å²) in [5.41, 5.74) is 2.08. The highest BCUT2D eigenvalue weighted by Gasteiger charge is 2.60. The van der Waals surface area contributed by atoms with Crippen LogP contribution in [0.15, 0.2) is 121 Å². The van der Waals surface area contributed by atoms with Gasteiger partial charge >= 0.3 is 11.8 Å². The Hall–Kier alpha value is -4.40. The van der Waals surface area contributed by atoms with E-state index in [9.17, 15) is 4.39 Å². The molecule has 0 unspecified atom stereocenters. The molecule has 2 aromatic heterocycles. The Morgan fingerprint density at radius 2 is 0.889 bits per heavy atom. The van der Waals surface area contributed by atoms with Crippen LogP contribution < -0.4 is 0 Å². The lowest BCUT2D eigenvalue weighted by Gasteiger charge is -2.29. The topological polar surface area (TPSA) is 0 Å². The fourth-order valence-corrected chi connectivity index (χ4v) is 8.79. The Morgan fingerprint density at radius 3 is 1.26 bits per heavy atom. The zero-order chi connectivity index (χ0) is 39.1. The third kappa shape index (κ3) is 7.74. The van der Waals surface area contributed by atoms with Gasteiger partial charge in [0.05, 0.1) is 0 Å².